The summed E-state index contributed by atoms with van der Waals surface area (Å²) < 4.78 is 3.31. The van der Waals surface area contributed by atoms with E-state index in [0.717, 1.165) is 11.8 Å². The summed E-state index contributed by atoms with van der Waals surface area (Å²) in [6.07, 6.45) is 11.6. The minimum atomic E-state index is -0.0388. The second-order valence-electron chi connectivity index (χ2n) is 5.49. The molecule has 0 fully saturated rings. The van der Waals surface area contributed by atoms with Crippen LogP contribution < -0.4 is 0 Å². The maximum absolute atomic E-state index is 2.40. The summed E-state index contributed by atoms with van der Waals surface area (Å²) in [5, 5.41) is 0. The molecule has 0 spiro atoms. The number of hydrogen-bond acceptors (Lipinski definition) is 0. The van der Waals surface area contributed by atoms with Gasteiger partial charge >= 0.3 is 121 Å². The Morgan fingerprint density at radius 2 is 1.11 bits per heavy atom. The van der Waals surface area contributed by atoms with E-state index >= 15 is 0 Å². The van der Waals surface area contributed by atoms with Gasteiger partial charge in [0.15, 0.2) is 0 Å². The predicted octanol–water partition coefficient (Wildman–Crippen LogP) is 5.84. The van der Waals surface area contributed by atoms with Crippen LogP contribution in [-0.4, -0.2) is 21.1 Å². The van der Waals surface area contributed by atoms with Crippen molar-refractivity contribution in [2.24, 2.45) is 11.8 Å². The SMILES string of the molecule is CCCCC(CC)[CH2][Sn+2][CH2]C(CC)CCCC.[O-2]. The van der Waals surface area contributed by atoms with Crippen LogP contribution in [0.25, 0.3) is 0 Å². The number of unbranched alkanes of at least 4 members (excludes halogenated alkanes) is 2. The van der Waals surface area contributed by atoms with Crippen LogP contribution in [0, 0.1) is 11.8 Å². The molecule has 0 aliphatic heterocycles. The Kier molecular flexibility index (Phi) is 18.5. The van der Waals surface area contributed by atoms with Crippen LogP contribution in [0.4, 0.5) is 0 Å². The largest absolute Gasteiger partial charge is 2.00 e. The molecule has 0 aromatic rings. The van der Waals surface area contributed by atoms with E-state index in [9.17, 15) is 0 Å². The van der Waals surface area contributed by atoms with E-state index in [2.05, 4.69) is 27.7 Å². The van der Waals surface area contributed by atoms with Crippen molar-refractivity contribution in [3.63, 3.8) is 0 Å². The first-order valence-corrected chi connectivity index (χ1v) is 12.0. The van der Waals surface area contributed by atoms with E-state index in [4.69, 9.17) is 0 Å². The summed E-state index contributed by atoms with van der Waals surface area (Å²) in [5.41, 5.74) is 0. The summed E-state index contributed by atoms with van der Waals surface area (Å²) >= 11 is -0.0388. The van der Waals surface area contributed by atoms with Crippen LogP contribution in [0.15, 0.2) is 0 Å². The van der Waals surface area contributed by atoms with Crippen molar-refractivity contribution in [1.82, 2.24) is 0 Å². The van der Waals surface area contributed by atoms with Crippen LogP contribution in [-0.2, 0) is 5.48 Å². The van der Waals surface area contributed by atoms with E-state index in [-0.39, 0.29) is 26.6 Å². The Morgan fingerprint density at radius 3 is 1.39 bits per heavy atom. The fourth-order valence-corrected chi connectivity index (χ4v) is 8.00. The number of hydrogen-bond donors (Lipinski definition) is 0. The standard InChI is InChI=1S/2C8H17.O.Sn/c2*1-4-6-7-8(3)5-2;;/h2*8H,3-7H2,1-2H3;;/q;;-2;+2. The van der Waals surface area contributed by atoms with Gasteiger partial charge in [-0.15, -0.1) is 0 Å². The second-order valence-corrected chi connectivity index (χ2v) is 9.25. The van der Waals surface area contributed by atoms with Crippen LogP contribution in [0.2, 0.25) is 8.87 Å². The minimum Gasteiger partial charge on any atom is -2.00 e. The molecule has 0 N–H and O–H groups in total. The first kappa shape index (κ1) is 21.1. The zero-order valence-corrected chi connectivity index (χ0v) is 16.0. The molecule has 18 heavy (non-hydrogen) atoms. The first-order chi connectivity index (χ1) is 8.28. The zero-order chi connectivity index (χ0) is 12.9. The molecule has 0 heterocycles. The van der Waals surface area contributed by atoms with E-state index < -0.39 is 0 Å². The molecule has 2 unspecified atom stereocenters. The van der Waals surface area contributed by atoms with Crippen LogP contribution >= 0.6 is 0 Å². The molecule has 0 radical (unpaired) electrons. The van der Waals surface area contributed by atoms with Gasteiger partial charge in [0.1, 0.15) is 0 Å². The average molecular weight is 361 g/mol. The van der Waals surface area contributed by atoms with E-state index in [0.29, 0.717) is 0 Å². The molecule has 0 aliphatic rings. The molecule has 0 bridgehead atoms. The van der Waals surface area contributed by atoms with Gasteiger partial charge in [-0.25, -0.2) is 0 Å². The third kappa shape index (κ3) is 11.8. The zero-order valence-electron chi connectivity index (χ0n) is 13.1. The van der Waals surface area contributed by atoms with Crippen molar-refractivity contribution < 1.29 is 5.48 Å². The average Bonchev–Trinajstić information content (AvgIpc) is 2.37. The van der Waals surface area contributed by atoms with E-state index in [1.807, 2.05) is 0 Å². The second kappa shape index (κ2) is 15.8. The summed E-state index contributed by atoms with van der Waals surface area (Å²) in [6.45, 7) is 9.44. The van der Waals surface area contributed by atoms with Crippen molar-refractivity contribution >= 4 is 21.1 Å². The molecule has 0 saturated carbocycles. The molecule has 108 valence electrons. The van der Waals surface area contributed by atoms with Crippen molar-refractivity contribution in [2.45, 2.75) is 87.9 Å². The van der Waals surface area contributed by atoms with Gasteiger partial charge < -0.3 is 5.48 Å². The molecule has 0 rings (SSSR count). The van der Waals surface area contributed by atoms with Crippen molar-refractivity contribution in [3.8, 4) is 0 Å². The molecule has 2 atom stereocenters. The molecule has 1 nitrogen and oxygen atoms in total. The van der Waals surface area contributed by atoms with Gasteiger partial charge in [-0.2, -0.15) is 0 Å². The number of rotatable bonds is 12. The van der Waals surface area contributed by atoms with E-state index in [1.54, 1.807) is 8.87 Å². The third-order valence-corrected chi connectivity index (χ3v) is 8.90. The van der Waals surface area contributed by atoms with Crippen molar-refractivity contribution in [2.75, 3.05) is 0 Å². The topological polar surface area (TPSA) is 28.5 Å². The molecule has 2 heteroatoms. The molecule has 0 saturated heterocycles. The Bertz CT molecular complexity index is 134. The first-order valence-electron chi connectivity index (χ1n) is 7.99. The Balaban J connectivity index is 0. The van der Waals surface area contributed by atoms with Crippen LogP contribution in [0.3, 0.4) is 0 Å². The van der Waals surface area contributed by atoms with Crippen molar-refractivity contribution in [3.05, 3.63) is 0 Å². The van der Waals surface area contributed by atoms with Gasteiger partial charge in [0.2, 0.25) is 0 Å². The minimum absolute atomic E-state index is 0. The fraction of sp³-hybridized carbons (Fsp3) is 1.00. The van der Waals surface area contributed by atoms with Gasteiger partial charge in [0, 0.05) is 0 Å². The quantitative estimate of drug-likeness (QED) is 0.391. The summed E-state index contributed by atoms with van der Waals surface area (Å²) in [6, 6.07) is 0. The normalized spacial score (nSPS) is 13.6. The molecule has 0 aliphatic carbocycles. The summed E-state index contributed by atoms with van der Waals surface area (Å²) in [5.74, 6) is 2.18. The van der Waals surface area contributed by atoms with Crippen LogP contribution in [0.5, 0.6) is 0 Å². The fourth-order valence-electron chi connectivity index (χ4n) is 2.38. The smallest absolute Gasteiger partial charge is 2.00 e. The molecular formula is C16H34OSn. The Labute approximate surface area is 126 Å². The maximum Gasteiger partial charge on any atom is -2.00 e. The third-order valence-electron chi connectivity index (χ3n) is 3.95. The summed E-state index contributed by atoms with van der Waals surface area (Å²) in [7, 11) is 0. The van der Waals surface area contributed by atoms with Gasteiger partial charge in [-0.1, -0.05) is 0 Å². The molecule has 0 amide bonds. The monoisotopic (exact) mass is 362 g/mol. The Hall–Kier alpha value is 0.759. The van der Waals surface area contributed by atoms with E-state index in [1.165, 1.54) is 51.4 Å². The summed E-state index contributed by atoms with van der Waals surface area (Å²) in [4.78, 5) is 0. The van der Waals surface area contributed by atoms with Gasteiger partial charge in [-0.3, -0.25) is 0 Å². The van der Waals surface area contributed by atoms with Crippen molar-refractivity contribution in [1.29, 1.82) is 0 Å². The van der Waals surface area contributed by atoms with Gasteiger partial charge in [-0.05, 0) is 0 Å². The molecule has 0 aromatic heterocycles. The van der Waals surface area contributed by atoms with Crippen LogP contribution in [0.1, 0.15) is 79.1 Å². The van der Waals surface area contributed by atoms with Gasteiger partial charge in [0.05, 0.1) is 0 Å². The Morgan fingerprint density at radius 1 is 0.722 bits per heavy atom. The molecule has 0 aromatic carbocycles. The predicted molar refractivity (Wildman–Crippen MR) is 82.7 cm³/mol. The van der Waals surface area contributed by atoms with Gasteiger partial charge in [0.25, 0.3) is 0 Å². The maximum atomic E-state index is 2.40. The molecular weight excluding hydrogens is 327 g/mol.